The van der Waals surface area contributed by atoms with Crippen molar-refractivity contribution in [3.05, 3.63) is 149 Å². The fraction of sp³-hybridized carbons (Fsp3) is 0.162. The van der Waals surface area contributed by atoms with Gasteiger partial charge in [-0.3, -0.25) is 9.36 Å². The summed E-state index contributed by atoms with van der Waals surface area (Å²) in [6.07, 6.45) is 1.77. The van der Waals surface area contributed by atoms with Crippen LogP contribution in [0.2, 0.25) is 10.0 Å². The van der Waals surface area contributed by atoms with Gasteiger partial charge in [-0.1, -0.05) is 89.1 Å². The Labute approximate surface area is 290 Å². The number of carbonyl (C=O) groups excluding carboxylic acids is 1. The van der Waals surface area contributed by atoms with Gasteiger partial charge in [-0.25, -0.2) is 9.79 Å². The molecule has 0 saturated heterocycles. The lowest BCUT2D eigenvalue weighted by molar-refractivity contribution is -0.138. The summed E-state index contributed by atoms with van der Waals surface area (Å²) < 4.78 is 24.7. The lowest BCUT2D eigenvalue weighted by Gasteiger charge is -2.26. The van der Waals surface area contributed by atoms with Crippen molar-refractivity contribution >= 4 is 52.3 Å². The first-order valence-electron chi connectivity index (χ1n) is 15.0. The second kappa shape index (κ2) is 14.5. The number of halogens is 2. The van der Waals surface area contributed by atoms with Gasteiger partial charge in [0.25, 0.3) is 5.56 Å². The number of rotatable bonds is 10. The maximum absolute atomic E-state index is 14.3. The number of esters is 1. The molecule has 1 aromatic heterocycles. The predicted octanol–water partition coefficient (Wildman–Crippen LogP) is 6.84. The average Bonchev–Trinajstić information content (AvgIpc) is 3.41. The Morgan fingerprint density at radius 2 is 1.75 bits per heavy atom. The van der Waals surface area contributed by atoms with Crippen molar-refractivity contribution in [2.24, 2.45) is 4.99 Å². The second-order valence-corrected chi connectivity index (χ2v) is 12.5. The Morgan fingerprint density at radius 3 is 2.48 bits per heavy atom. The van der Waals surface area contributed by atoms with Crippen LogP contribution in [0.4, 0.5) is 0 Å². The molecule has 1 aliphatic heterocycles. The van der Waals surface area contributed by atoms with Crippen molar-refractivity contribution in [1.82, 2.24) is 4.57 Å². The molecule has 1 atom stereocenters. The van der Waals surface area contributed by atoms with Crippen LogP contribution in [0.1, 0.15) is 35.2 Å². The molecule has 244 valence electrons. The summed E-state index contributed by atoms with van der Waals surface area (Å²) in [7, 11) is 3.12. The van der Waals surface area contributed by atoms with E-state index in [-0.39, 0.29) is 24.3 Å². The standard InChI is InChI=1S/C37H30Cl2N2O6S/c1-4-46-36(43)32-33(23-9-6-5-7-10-23)40-37-41(34(32)24-11-8-12-27(19-24)44-2)35(42)31(48-37)18-22-13-16-29(30(17-22)45-3)47-21-25-14-15-26(38)20-28(25)39/h5-20,34H,4,21H2,1-3H3/b31-18-/t34-/m1/s1. The first kappa shape index (κ1) is 33.1. The number of nitrogens with zero attached hydrogens (tertiary/aromatic N) is 2. The molecule has 5 aromatic rings. The zero-order valence-electron chi connectivity index (χ0n) is 26.2. The van der Waals surface area contributed by atoms with E-state index >= 15 is 0 Å². The largest absolute Gasteiger partial charge is 0.497 e. The van der Waals surface area contributed by atoms with E-state index in [0.717, 1.165) is 11.1 Å². The minimum Gasteiger partial charge on any atom is -0.497 e. The van der Waals surface area contributed by atoms with E-state index in [1.54, 1.807) is 62.1 Å². The van der Waals surface area contributed by atoms with E-state index in [4.69, 9.17) is 47.1 Å². The van der Waals surface area contributed by atoms with Gasteiger partial charge < -0.3 is 18.9 Å². The Balaban J connectivity index is 1.47. The van der Waals surface area contributed by atoms with E-state index in [1.807, 2.05) is 60.7 Å². The zero-order chi connectivity index (χ0) is 33.8. The van der Waals surface area contributed by atoms with Gasteiger partial charge in [0.05, 0.1) is 42.7 Å². The third-order valence-electron chi connectivity index (χ3n) is 7.67. The van der Waals surface area contributed by atoms with Gasteiger partial charge >= 0.3 is 5.97 Å². The molecular formula is C37H30Cl2N2O6S. The maximum Gasteiger partial charge on any atom is 0.338 e. The fourth-order valence-corrected chi connectivity index (χ4v) is 6.87. The summed E-state index contributed by atoms with van der Waals surface area (Å²) in [6, 6.07) is 26.5. The first-order chi connectivity index (χ1) is 23.3. The molecule has 0 fully saturated rings. The number of methoxy groups -OCH3 is 2. The minimum absolute atomic E-state index is 0.161. The molecule has 0 N–H and O–H groups in total. The molecule has 0 spiro atoms. The Kier molecular flexibility index (Phi) is 10.0. The number of hydrogen-bond acceptors (Lipinski definition) is 8. The van der Waals surface area contributed by atoms with E-state index < -0.39 is 12.0 Å². The SMILES string of the molecule is CCOC(=O)C1=C(c2ccccc2)N=c2s/c(=C\c3ccc(OCc4ccc(Cl)cc4Cl)c(OC)c3)c(=O)n2[C@@H]1c1cccc(OC)c1. The quantitative estimate of drug-likeness (QED) is 0.148. The van der Waals surface area contributed by atoms with E-state index in [2.05, 4.69) is 0 Å². The van der Waals surface area contributed by atoms with Crippen molar-refractivity contribution in [1.29, 1.82) is 0 Å². The smallest absolute Gasteiger partial charge is 0.338 e. The molecule has 2 heterocycles. The number of aromatic nitrogens is 1. The molecular weight excluding hydrogens is 671 g/mol. The molecule has 48 heavy (non-hydrogen) atoms. The Morgan fingerprint density at radius 1 is 0.938 bits per heavy atom. The summed E-state index contributed by atoms with van der Waals surface area (Å²) in [5, 5.41) is 1.04. The van der Waals surface area contributed by atoms with Crippen LogP contribution in [-0.2, 0) is 16.1 Å². The molecule has 11 heteroatoms. The molecule has 0 aliphatic carbocycles. The number of fused-ring (bicyclic) bond motifs is 1. The Bertz CT molecular complexity index is 2210. The number of benzene rings is 4. The second-order valence-electron chi connectivity index (χ2n) is 10.6. The van der Waals surface area contributed by atoms with Crippen LogP contribution < -0.4 is 29.1 Å². The molecule has 8 nitrogen and oxygen atoms in total. The highest BCUT2D eigenvalue weighted by Gasteiger charge is 2.35. The van der Waals surface area contributed by atoms with Gasteiger partial charge in [-0.2, -0.15) is 0 Å². The summed E-state index contributed by atoms with van der Waals surface area (Å²) in [6.45, 7) is 2.11. The minimum atomic E-state index is -0.822. The van der Waals surface area contributed by atoms with E-state index in [0.29, 0.717) is 53.5 Å². The zero-order valence-corrected chi connectivity index (χ0v) is 28.6. The van der Waals surface area contributed by atoms with Gasteiger partial charge in [0, 0.05) is 21.2 Å². The van der Waals surface area contributed by atoms with Gasteiger partial charge in [-0.15, -0.1) is 0 Å². The van der Waals surface area contributed by atoms with Crippen molar-refractivity contribution in [2.75, 3.05) is 20.8 Å². The maximum atomic E-state index is 14.3. The number of hydrogen-bond donors (Lipinski definition) is 0. The van der Waals surface area contributed by atoms with Crippen molar-refractivity contribution in [2.45, 2.75) is 19.6 Å². The van der Waals surface area contributed by atoms with Crippen LogP contribution >= 0.6 is 34.5 Å². The summed E-state index contributed by atoms with van der Waals surface area (Å²) >= 11 is 13.6. The monoisotopic (exact) mass is 700 g/mol. The summed E-state index contributed by atoms with van der Waals surface area (Å²) in [4.78, 5) is 33.3. The van der Waals surface area contributed by atoms with Crippen LogP contribution in [0, 0.1) is 0 Å². The normalized spacial score (nSPS) is 14.3. The topological polar surface area (TPSA) is 88.4 Å². The molecule has 0 saturated carbocycles. The highest BCUT2D eigenvalue weighted by atomic mass is 35.5. The average molecular weight is 702 g/mol. The number of carbonyl (C=O) groups is 1. The number of thiazole rings is 1. The van der Waals surface area contributed by atoms with Gasteiger partial charge in [0.15, 0.2) is 16.3 Å². The van der Waals surface area contributed by atoms with E-state index in [1.165, 1.54) is 11.3 Å². The molecule has 0 unspecified atom stereocenters. The van der Waals surface area contributed by atoms with E-state index in [9.17, 15) is 9.59 Å². The summed E-state index contributed by atoms with van der Waals surface area (Å²) in [5.41, 5.74) is 3.29. The van der Waals surface area contributed by atoms with Gasteiger partial charge in [0.1, 0.15) is 12.4 Å². The lowest BCUT2D eigenvalue weighted by Crippen LogP contribution is -2.40. The fourth-order valence-electron chi connectivity index (χ4n) is 5.41. The molecule has 0 radical (unpaired) electrons. The third-order valence-corrected chi connectivity index (χ3v) is 9.24. The van der Waals surface area contributed by atoms with Gasteiger partial charge in [-0.05, 0) is 60.5 Å². The van der Waals surface area contributed by atoms with Crippen molar-refractivity contribution in [3.8, 4) is 17.2 Å². The van der Waals surface area contributed by atoms with Crippen LogP contribution in [0.25, 0.3) is 11.8 Å². The Hall–Kier alpha value is -4.83. The number of ether oxygens (including phenoxy) is 4. The molecule has 1 aliphatic rings. The molecule has 0 bridgehead atoms. The highest BCUT2D eigenvalue weighted by molar-refractivity contribution is 7.07. The first-order valence-corrected chi connectivity index (χ1v) is 16.6. The highest BCUT2D eigenvalue weighted by Crippen LogP contribution is 2.36. The summed E-state index contributed by atoms with van der Waals surface area (Å²) in [5.74, 6) is 1.02. The van der Waals surface area contributed by atoms with Crippen molar-refractivity contribution in [3.63, 3.8) is 0 Å². The lowest BCUT2D eigenvalue weighted by atomic mass is 9.93. The third kappa shape index (κ3) is 6.75. The van der Waals surface area contributed by atoms with Crippen LogP contribution in [-0.4, -0.2) is 31.4 Å². The molecule has 0 amide bonds. The van der Waals surface area contributed by atoms with Crippen LogP contribution in [0.3, 0.4) is 0 Å². The molecule has 6 rings (SSSR count). The molecule has 4 aromatic carbocycles. The predicted molar refractivity (Wildman–Crippen MR) is 188 cm³/mol. The van der Waals surface area contributed by atoms with Gasteiger partial charge in [0.2, 0.25) is 0 Å². The van der Waals surface area contributed by atoms with Crippen LogP contribution in [0.5, 0.6) is 17.2 Å². The van der Waals surface area contributed by atoms with Crippen molar-refractivity contribution < 1.29 is 23.7 Å². The van der Waals surface area contributed by atoms with Crippen LogP contribution in [0.15, 0.2) is 106 Å².